The van der Waals surface area contributed by atoms with Gasteiger partial charge in [-0.05, 0) is 50.3 Å². The van der Waals surface area contributed by atoms with Crippen LogP contribution < -0.4 is 10.6 Å². The molecule has 25 heavy (non-hydrogen) atoms. The van der Waals surface area contributed by atoms with Crippen molar-refractivity contribution in [1.82, 2.24) is 10.6 Å². The predicted octanol–water partition coefficient (Wildman–Crippen LogP) is 3.54. The van der Waals surface area contributed by atoms with E-state index >= 15 is 0 Å². The number of hydrogen-bond acceptors (Lipinski definition) is 2. The zero-order chi connectivity index (χ0) is 17.5. The fourth-order valence-electron chi connectivity index (χ4n) is 2.89. The Bertz CT molecular complexity index is 563. The van der Waals surface area contributed by atoms with Crippen molar-refractivity contribution in [1.29, 1.82) is 0 Å². The van der Waals surface area contributed by atoms with E-state index in [2.05, 4.69) is 15.6 Å². The van der Waals surface area contributed by atoms with Gasteiger partial charge in [0.25, 0.3) is 0 Å². The largest absolute Gasteiger partial charge is 0.393 e. The summed E-state index contributed by atoms with van der Waals surface area (Å²) >= 11 is 0. The van der Waals surface area contributed by atoms with Gasteiger partial charge in [-0.15, -0.1) is 24.0 Å². The second-order valence-electron chi connectivity index (χ2n) is 6.44. The highest BCUT2D eigenvalue weighted by Crippen LogP contribution is 2.19. The van der Waals surface area contributed by atoms with Crippen molar-refractivity contribution >= 4 is 29.9 Å². The minimum Gasteiger partial charge on any atom is -0.393 e. The molecule has 142 valence electrons. The van der Waals surface area contributed by atoms with Crippen LogP contribution in [0.1, 0.15) is 51.0 Å². The lowest BCUT2D eigenvalue weighted by Gasteiger charge is -2.27. The van der Waals surface area contributed by atoms with Crippen LogP contribution in [0, 0.1) is 11.6 Å². The van der Waals surface area contributed by atoms with Crippen molar-refractivity contribution in [3.05, 3.63) is 35.4 Å². The number of hydrogen-bond donors (Lipinski definition) is 3. The summed E-state index contributed by atoms with van der Waals surface area (Å²) in [4.78, 5) is 4.57. The van der Waals surface area contributed by atoms with E-state index in [0.29, 0.717) is 12.6 Å². The van der Waals surface area contributed by atoms with Gasteiger partial charge >= 0.3 is 0 Å². The van der Waals surface area contributed by atoms with Crippen molar-refractivity contribution < 1.29 is 13.9 Å². The van der Waals surface area contributed by atoms with Gasteiger partial charge in [-0.3, -0.25) is 4.99 Å². The summed E-state index contributed by atoms with van der Waals surface area (Å²) in [6.45, 7) is 5.17. The summed E-state index contributed by atoms with van der Waals surface area (Å²) in [5.41, 5.74) is 0.731. The standard InChI is InChI=1S/C18H27F2N3O.HI/c1-3-21-18(23-14-5-7-15(24)8-6-14)22-11-12(2)13-4-9-16(19)17(20)10-13;/h4,9-10,12,14-15,24H,3,5-8,11H2,1-2H3,(H2,21,22,23);1H. The van der Waals surface area contributed by atoms with E-state index in [-0.39, 0.29) is 36.0 Å². The van der Waals surface area contributed by atoms with Crippen LogP contribution in [0.3, 0.4) is 0 Å². The van der Waals surface area contributed by atoms with Gasteiger partial charge in [0.15, 0.2) is 17.6 Å². The van der Waals surface area contributed by atoms with Gasteiger partial charge < -0.3 is 15.7 Å². The Morgan fingerprint density at radius 3 is 2.52 bits per heavy atom. The minimum absolute atomic E-state index is 0. The smallest absolute Gasteiger partial charge is 0.191 e. The maximum atomic E-state index is 13.3. The Hall–Kier alpha value is -0.960. The lowest BCUT2D eigenvalue weighted by Crippen LogP contribution is -2.45. The lowest BCUT2D eigenvalue weighted by atomic mass is 9.93. The number of aliphatic hydroxyl groups excluding tert-OH is 1. The van der Waals surface area contributed by atoms with E-state index in [9.17, 15) is 13.9 Å². The van der Waals surface area contributed by atoms with Gasteiger partial charge in [-0.25, -0.2) is 8.78 Å². The average molecular weight is 467 g/mol. The van der Waals surface area contributed by atoms with Crippen LogP contribution in [0.2, 0.25) is 0 Å². The summed E-state index contributed by atoms with van der Waals surface area (Å²) in [6.07, 6.45) is 3.27. The molecule has 0 radical (unpaired) electrons. The average Bonchev–Trinajstić information content (AvgIpc) is 2.57. The van der Waals surface area contributed by atoms with Crippen molar-refractivity contribution in [3.63, 3.8) is 0 Å². The normalized spacial score (nSPS) is 22.0. The molecule has 1 atom stereocenters. The van der Waals surface area contributed by atoms with Crippen LogP contribution in [-0.4, -0.2) is 36.3 Å². The number of aliphatic hydroxyl groups is 1. The molecule has 1 saturated carbocycles. The van der Waals surface area contributed by atoms with Gasteiger partial charge in [0.1, 0.15) is 0 Å². The number of aliphatic imine (C=N–C) groups is 1. The first-order valence-electron chi connectivity index (χ1n) is 8.67. The molecule has 0 heterocycles. The molecule has 2 rings (SSSR count). The van der Waals surface area contributed by atoms with Gasteiger partial charge in [-0.2, -0.15) is 0 Å². The maximum Gasteiger partial charge on any atom is 0.191 e. The second kappa shape index (κ2) is 10.9. The molecule has 0 aliphatic heterocycles. The maximum absolute atomic E-state index is 13.3. The molecule has 1 aliphatic carbocycles. The number of nitrogens with one attached hydrogen (secondary N) is 2. The third kappa shape index (κ3) is 7.05. The van der Waals surface area contributed by atoms with E-state index in [1.54, 1.807) is 6.07 Å². The molecular weight excluding hydrogens is 439 g/mol. The lowest BCUT2D eigenvalue weighted by molar-refractivity contribution is 0.120. The summed E-state index contributed by atoms with van der Waals surface area (Å²) < 4.78 is 26.4. The van der Waals surface area contributed by atoms with Crippen molar-refractivity contribution in [2.45, 2.75) is 57.6 Å². The molecule has 7 heteroatoms. The van der Waals surface area contributed by atoms with Crippen LogP contribution >= 0.6 is 24.0 Å². The predicted molar refractivity (Wildman–Crippen MR) is 108 cm³/mol. The molecule has 0 bridgehead atoms. The van der Waals surface area contributed by atoms with E-state index in [4.69, 9.17) is 0 Å². The molecular formula is C18H28F2IN3O. The highest BCUT2D eigenvalue weighted by Gasteiger charge is 2.20. The number of benzene rings is 1. The third-order valence-corrected chi connectivity index (χ3v) is 4.42. The summed E-state index contributed by atoms with van der Waals surface area (Å²) in [6, 6.07) is 4.30. The molecule has 1 aromatic rings. The number of nitrogens with zero attached hydrogens (tertiary/aromatic N) is 1. The second-order valence-corrected chi connectivity index (χ2v) is 6.44. The molecule has 3 N–H and O–H groups in total. The quantitative estimate of drug-likeness (QED) is 0.353. The molecule has 1 aromatic carbocycles. The molecule has 0 aromatic heterocycles. The van der Waals surface area contributed by atoms with E-state index in [0.717, 1.165) is 49.8 Å². The highest BCUT2D eigenvalue weighted by atomic mass is 127. The molecule has 0 amide bonds. The van der Waals surface area contributed by atoms with Crippen molar-refractivity contribution in [2.75, 3.05) is 13.1 Å². The Morgan fingerprint density at radius 2 is 1.92 bits per heavy atom. The first kappa shape index (κ1) is 22.1. The highest BCUT2D eigenvalue weighted by molar-refractivity contribution is 14.0. The van der Waals surface area contributed by atoms with Crippen LogP contribution in [0.15, 0.2) is 23.2 Å². The SMILES string of the molecule is CCNC(=NCC(C)c1ccc(F)c(F)c1)NC1CCC(O)CC1.I. The minimum atomic E-state index is -0.830. The summed E-state index contributed by atoms with van der Waals surface area (Å²) in [7, 11) is 0. The van der Waals surface area contributed by atoms with E-state index in [1.807, 2.05) is 13.8 Å². The Balaban J connectivity index is 0.00000312. The topological polar surface area (TPSA) is 56.7 Å². The van der Waals surface area contributed by atoms with Gasteiger partial charge in [0.05, 0.1) is 6.10 Å². The molecule has 1 fully saturated rings. The molecule has 4 nitrogen and oxygen atoms in total. The Morgan fingerprint density at radius 1 is 1.24 bits per heavy atom. The molecule has 1 aliphatic rings. The molecule has 1 unspecified atom stereocenters. The van der Waals surface area contributed by atoms with Crippen molar-refractivity contribution in [2.24, 2.45) is 4.99 Å². The fraction of sp³-hybridized carbons (Fsp3) is 0.611. The first-order chi connectivity index (χ1) is 11.5. The van der Waals surface area contributed by atoms with Crippen LogP contribution in [0.25, 0.3) is 0 Å². The summed E-state index contributed by atoms with van der Waals surface area (Å²) in [5, 5.41) is 16.2. The zero-order valence-corrected chi connectivity index (χ0v) is 17.1. The number of guanidine groups is 1. The van der Waals surface area contributed by atoms with E-state index < -0.39 is 11.6 Å². The zero-order valence-electron chi connectivity index (χ0n) is 14.8. The van der Waals surface area contributed by atoms with Gasteiger partial charge in [0.2, 0.25) is 0 Å². The van der Waals surface area contributed by atoms with Gasteiger partial charge in [0, 0.05) is 25.0 Å². The third-order valence-electron chi connectivity index (χ3n) is 4.42. The Kier molecular flexibility index (Phi) is 9.63. The van der Waals surface area contributed by atoms with Crippen LogP contribution in [0.5, 0.6) is 0 Å². The van der Waals surface area contributed by atoms with Crippen LogP contribution in [0.4, 0.5) is 8.78 Å². The summed E-state index contributed by atoms with van der Waals surface area (Å²) in [5.74, 6) is -0.935. The van der Waals surface area contributed by atoms with Gasteiger partial charge in [-0.1, -0.05) is 13.0 Å². The van der Waals surface area contributed by atoms with Crippen molar-refractivity contribution in [3.8, 4) is 0 Å². The first-order valence-corrected chi connectivity index (χ1v) is 8.67. The fourth-order valence-corrected chi connectivity index (χ4v) is 2.89. The number of halogens is 3. The monoisotopic (exact) mass is 467 g/mol. The molecule has 0 spiro atoms. The van der Waals surface area contributed by atoms with Crippen LogP contribution in [-0.2, 0) is 0 Å². The number of rotatable bonds is 5. The molecule has 0 saturated heterocycles. The van der Waals surface area contributed by atoms with E-state index in [1.165, 1.54) is 6.07 Å². The Labute approximate surface area is 165 Å².